The van der Waals surface area contributed by atoms with E-state index in [1.807, 2.05) is 6.92 Å². The van der Waals surface area contributed by atoms with Crippen molar-refractivity contribution in [2.24, 2.45) is 10.7 Å². The van der Waals surface area contributed by atoms with E-state index < -0.39 is 0 Å². The van der Waals surface area contributed by atoms with Crippen LogP contribution in [0.3, 0.4) is 0 Å². The Morgan fingerprint density at radius 1 is 1.67 bits per heavy atom. The topological polar surface area (TPSA) is 38.4 Å². The molecule has 1 saturated carbocycles. The summed E-state index contributed by atoms with van der Waals surface area (Å²) in [4.78, 5) is 4.33. The van der Waals surface area contributed by atoms with Crippen LogP contribution in [-0.4, -0.2) is 11.4 Å². The zero-order valence-electron chi connectivity index (χ0n) is 6.15. The van der Waals surface area contributed by atoms with Gasteiger partial charge in [-0.25, -0.2) is 0 Å². The third-order valence-corrected chi connectivity index (χ3v) is 1.75. The fraction of sp³-hybridized carbons (Fsp3) is 0.857. The van der Waals surface area contributed by atoms with Crippen molar-refractivity contribution in [1.82, 2.24) is 0 Å². The summed E-state index contributed by atoms with van der Waals surface area (Å²) in [6.07, 6.45) is 3.32. The lowest BCUT2D eigenvalue weighted by molar-refractivity contribution is 0.759. The van der Waals surface area contributed by atoms with Crippen molar-refractivity contribution in [3.8, 4) is 0 Å². The van der Waals surface area contributed by atoms with Crippen molar-refractivity contribution in [3.63, 3.8) is 0 Å². The third-order valence-electron chi connectivity index (χ3n) is 1.75. The summed E-state index contributed by atoms with van der Waals surface area (Å²) in [5, 5.41) is 0. The molecule has 2 N–H and O–H groups in total. The van der Waals surface area contributed by atoms with E-state index in [0.717, 1.165) is 12.3 Å². The van der Waals surface area contributed by atoms with Crippen LogP contribution in [0.2, 0.25) is 0 Å². The van der Waals surface area contributed by atoms with Gasteiger partial charge >= 0.3 is 0 Å². The van der Waals surface area contributed by atoms with Gasteiger partial charge in [-0.05, 0) is 19.8 Å². The molecule has 52 valence electrons. The molecule has 0 aromatic heterocycles. The number of hydrogen-bond acceptors (Lipinski definition) is 1. The maximum absolute atomic E-state index is 5.55. The second-order valence-electron chi connectivity index (χ2n) is 2.95. The first-order chi connectivity index (χ1) is 4.16. The van der Waals surface area contributed by atoms with Crippen LogP contribution in [-0.2, 0) is 0 Å². The SMILES string of the molecule is CCC(N)=NC1(C)CC1. The summed E-state index contributed by atoms with van der Waals surface area (Å²) in [5.74, 6) is 0.801. The molecule has 9 heavy (non-hydrogen) atoms. The van der Waals surface area contributed by atoms with E-state index in [4.69, 9.17) is 5.73 Å². The average Bonchev–Trinajstić information content (AvgIpc) is 2.48. The Morgan fingerprint density at radius 3 is 2.56 bits per heavy atom. The maximum Gasteiger partial charge on any atom is 0.0941 e. The molecule has 0 bridgehead atoms. The zero-order valence-corrected chi connectivity index (χ0v) is 6.15. The van der Waals surface area contributed by atoms with Gasteiger partial charge in [0.2, 0.25) is 0 Å². The number of rotatable bonds is 2. The van der Waals surface area contributed by atoms with Crippen LogP contribution in [0.5, 0.6) is 0 Å². The van der Waals surface area contributed by atoms with Crippen molar-refractivity contribution in [2.45, 2.75) is 38.6 Å². The van der Waals surface area contributed by atoms with E-state index in [0.29, 0.717) is 0 Å². The normalized spacial score (nSPS) is 24.0. The summed E-state index contributed by atoms with van der Waals surface area (Å²) < 4.78 is 0. The zero-order chi connectivity index (χ0) is 6.91. The lowest BCUT2D eigenvalue weighted by Gasteiger charge is -2.01. The van der Waals surface area contributed by atoms with E-state index in [2.05, 4.69) is 11.9 Å². The van der Waals surface area contributed by atoms with Gasteiger partial charge in [0.1, 0.15) is 0 Å². The minimum Gasteiger partial charge on any atom is -0.387 e. The molecule has 1 aliphatic rings. The Hall–Kier alpha value is -0.530. The molecule has 2 nitrogen and oxygen atoms in total. The smallest absolute Gasteiger partial charge is 0.0941 e. The van der Waals surface area contributed by atoms with Crippen molar-refractivity contribution in [1.29, 1.82) is 0 Å². The van der Waals surface area contributed by atoms with E-state index >= 15 is 0 Å². The first-order valence-corrected chi connectivity index (χ1v) is 3.50. The van der Waals surface area contributed by atoms with Gasteiger partial charge in [0, 0.05) is 6.42 Å². The molecule has 2 heteroatoms. The quantitative estimate of drug-likeness (QED) is 0.439. The molecular weight excluding hydrogens is 112 g/mol. The number of nitrogens with zero attached hydrogens (tertiary/aromatic N) is 1. The highest BCUT2D eigenvalue weighted by molar-refractivity contribution is 5.80. The standard InChI is InChI=1S/C7H14N2/c1-3-6(8)9-7(2)4-5-7/h3-5H2,1-2H3,(H2,8,9). The Morgan fingerprint density at radius 2 is 2.22 bits per heavy atom. The van der Waals surface area contributed by atoms with Crippen molar-refractivity contribution < 1.29 is 0 Å². The Kier molecular flexibility index (Phi) is 1.47. The van der Waals surface area contributed by atoms with Gasteiger partial charge in [0.05, 0.1) is 11.4 Å². The molecule has 0 saturated heterocycles. The number of hydrogen-bond donors (Lipinski definition) is 1. The number of aliphatic imine (C=N–C) groups is 1. The van der Waals surface area contributed by atoms with Crippen LogP contribution >= 0.6 is 0 Å². The largest absolute Gasteiger partial charge is 0.387 e. The van der Waals surface area contributed by atoms with E-state index in [9.17, 15) is 0 Å². The number of nitrogens with two attached hydrogens (primary N) is 1. The van der Waals surface area contributed by atoms with Crippen molar-refractivity contribution in [3.05, 3.63) is 0 Å². The van der Waals surface area contributed by atoms with Crippen LogP contribution in [0, 0.1) is 0 Å². The highest BCUT2D eigenvalue weighted by atomic mass is 15.0. The van der Waals surface area contributed by atoms with Gasteiger partial charge in [-0.3, -0.25) is 4.99 Å². The molecule has 1 fully saturated rings. The monoisotopic (exact) mass is 126 g/mol. The third kappa shape index (κ3) is 1.70. The second-order valence-corrected chi connectivity index (χ2v) is 2.95. The molecule has 0 aromatic rings. The van der Waals surface area contributed by atoms with Crippen LogP contribution in [0.25, 0.3) is 0 Å². The van der Waals surface area contributed by atoms with Gasteiger partial charge in [-0.2, -0.15) is 0 Å². The summed E-state index contributed by atoms with van der Waals surface area (Å²) in [5.41, 5.74) is 5.79. The van der Waals surface area contributed by atoms with Crippen LogP contribution < -0.4 is 5.73 Å². The molecule has 0 amide bonds. The average molecular weight is 126 g/mol. The molecule has 0 spiro atoms. The minimum atomic E-state index is 0.236. The van der Waals surface area contributed by atoms with E-state index in [1.54, 1.807) is 0 Å². The first kappa shape index (κ1) is 6.59. The molecular formula is C7H14N2. The lowest BCUT2D eigenvalue weighted by atomic mass is 10.3. The Balaban J connectivity index is 2.46. The van der Waals surface area contributed by atoms with E-state index in [1.165, 1.54) is 12.8 Å². The summed E-state index contributed by atoms with van der Waals surface area (Å²) in [6.45, 7) is 4.18. The maximum atomic E-state index is 5.55. The highest BCUT2D eigenvalue weighted by Gasteiger charge is 2.36. The molecule has 0 radical (unpaired) electrons. The molecule has 1 rings (SSSR count). The van der Waals surface area contributed by atoms with Gasteiger partial charge in [0.25, 0.3) is 0 Å². The van der Waals surface area contributed by atoms with Crippen LogP contribution in [0.1, 0.15) is 33.1 Å². The Labute approximate surface area is 56.2 Å². The highest BCUT2D eigenvalue weighted by Crippen LogP contribution is 2.38. The van der Waals surface area contributed by atoms with Crippen LogP contribution in [0.4, 0.5) is 0 Å². The van der Waals surface area contributed by atoms with E-state index in [-0.39, 0.29) is 5.54 Å². The minimum absolute atomic E-state index is 0.236. The van der Waals surface area contributed by atoms with Gasteiger partial charge in [-0.15, -0.1) is 0 Å². The van der Waals surface area contributed by atoms with Gasteiger partial charge < -0.3 is 5.73 Å². The van der Waals surface area contributed by atoms with Crippen LogP contribution in [0.15, 0.2) is 4.99 Å². The van der Waals surface area contributed by atoms with Gasteiger partial charge in [0.15, 0.2) is 0 Å². The fourth-order valence-corrected chi connectivity index (χ4v) is 0.718. The second kappa shape index (κ2) is 2.01. The summed E-state index contributed by atoms with van der Waals surface area (Å²) in [7, 11) is 0. The number of amidine groups is 1. The molecule has 0 aromatic carbocycles. The molecule has 0 heterocycles. The fourth-order valence-electron chi connectivity index (χ4n) is 0.718. The summed E-state index contributed by atoms with van der Waals surface area (Å²) in [6, 6.07) is 0. The predicted molar refractivity (Wildman–Crippen MR) is 39.6 cm³/mol. The summed E-state index contributed by atoms with van der Waals surface area (Å²) >= 11 is 0. The first-order valence-electron chi connectivity index (χ1n) is 3.50. The molecule has 0 aliphatic heterocycles. The molecule has 0 atom stereocenters. The van der Waals surface area contributed by atoms with Crippen molar-refractivity contribution in [2.75, 3.05) is 0 Å². The van der Waals surface area contributed by atoms with Gasteiger partial charge in [-0.1, -0.05) is 6.92 Å². The predicted octanol–water partition coefficient (Wildman–Crippen LogP) is 1.31. The Bertz CT molecular complexity index is 134. The van der Waals surface area contributed by atoms with Crippen molar-refractivity contribution >= 4 is 5.84 Å². The molecule has 0 unspecified atom stereocenters. The molecule has 1 aliphatic carbocycles. The lowest BCUT2D eigenvalue weighted by Crippen LogP contribution is -2.14.